The van der Waals surface area contributed by atoms with Crippen LogP contribution in [-0.2, 0) is 15.0 Å². The number of hydrogen-bond donors (Lipinski definition) is 2. The van der Waals surface area contributed by atoms with E-state index in [1.165, 1.54) is 4.57 Å². The third kappa shape index (κ3) is 2.19. The Balaban J connectivity index is 2.33. The number of benzene rings is 1. The van der Waals surface area contributed by atoms with Crippen LogP contribution in [0.5, 0.6) is 0 Å². The van der Waals surface area contributed by atoms with E-state index >= 15 is 0 Å². The Morgan fingerprint density at radius 3 is 2.74 bits per heavy atom. The summed E-state index contributed by atoms with van der Waals surface area (Å²) in [6.07, 6.45) is 0.289. The largest absolute Gasteiger partial charge is 0.398 e. The number of anilines is 1. The number of rotatable bonds is 1. The summed E-state index contributed by atoms with van der Waals surface area (Å²) in [7, 11) is 1.57. The Labute approximate surface area is 131 Å². The topological polar surface area (TPSA) is 107 Å². The lowest BCUT2D eigenvalue weighted by atomic mass is 9.71. The number of aryl methyl sites for hydroxylation is 1. The number of amides is 2. The van der Waals surface area contributed by atoms with Gasteiger partial charge in [0.25, 0.3) is 5.56 Å². The number of imide groups is 1. The van der Waals surface area contributed by atoms with Crippen molar-refractivity contribution in [2.24, 2.45) is 0 Å². The zero-order chi connectivity index (χ0) is 16.9. The maximum atomic E-state index is 13.5. The van der Waals surface area contributed by atoms with Crippen molar-refractivity contribution in [3.05, 3.63) is 34.1 Å². The number of aromatic nitrogens is 2. The Morgan fingerprint density at radius 1 is 1.39 bits per heavy atom. The zero-order valence-corrected chi connectivity index (χ0v) is 12.6. The molecule has 0 spiro atoms. The maximum Gasteiger partial charge on any atom is 0.263 e. The first-order valence-electron chi connectivity index (χ1n) is 7.07. The molecule has 1 saturated heterocycles. The summed E-state index contributed by atoms with van der Waals surface area (Å²) in [5.41, 5.74) is 4.07. The zero-order valence-electron chi connectivity index (χ0n) is 12.6. The molecule has 1 fully saturated rings. The molecular weight excluding hydrogens is 302 g/mol. The molecule has 3 N–H and O–H groups in total. The van der Waals surface area contributed by atoms with Crippen molar-refractivity contribution in [3.63, 3.8) is 0 Å². The summed E-state index contributed by atoms with van der Waals surface area (Å²) in [6.45, 7) is 1.55. The Kier molecular flexibility index (Phi) is 3.24. The van der Waals surface area contributed by atoms with Crippen LogP contribution in [-0.4, -0.2) is 29.2 Å². The molecule has 2 aromatic rings. The van der Waals surface area contributed by atoms with Gasteiger partial charge in [-0.2, -0.15) is 0 Å². The second kappa shape index (κ2) is 4.90. The van der Waals surface area contributed by atoms with E-state index in [1.807, 2.05) is 0 Å². The molecule has 3 rings (SSSR count). The number of hydrogen-bond acceptors (Lipinski definition) is 5. The number of nitrogens with one attached hydrogen (secondary N) is 1. The van der Waals surface area contributed by atoms with Crippen LogP contribution in [0, 0.1) is 12.7 Å². The van der Waals surface area contributed by atoms with E-state index in [0.717, 1.165) is 12.1 Å². The van der Waals surface area contributed by atoms with Crippen LogP contribution in [0.25, 0.3) is 10.9 Å². The van der Waals surface area contributed by atoms with Crippen molar-refractivity contribution >= 4 is 36.3 Å². The van der Waals surface area contributed by atoms with Gasteiger partial charge < -0.3 is 5.73 Å². The highest BCUT2D eigenvalue weighted by atomic mass is 19.1. The quantitative estimate of drug-likeness (QED) is 0.405. The molecule has 0 unspecified atom stereocenters. The lowest BCUT2D eigenvalue weighted by molar-refractivity contribution is -0.137. The predicted octanol–water partition coefficient (Wildman–Crippen LogP) is -0.851. The van der Waals surface area contributed by atoms with Gasteiger partial charge in [0.15, 0.2) is 0 Å². The lowest BCUT2D eigenvalue weighted by Crippen LogP contribution is -2.58. The third-order valence-electron chi connectivity index (χ3n) is 4.21. The van der Waals surface area contributed by atoms with Gasteiger partial charge in [0.1, 0.15) is 19.5 Å². The van der Waals surface area contributed by atoms with Crippen LogP contribution in [0.15, 0.2) is 16.9 Å². The van der Waals surface area contributed by atoms with Crippen molar-refractivity contribution in [1.29, 1.82) is 0 Å². The Morgan fingerprint density at radius 2 is 2.09 bits per heavy atom. The molecule has 0 bridgehead atoms. The van der Waals surface area contributed by atoms with Crippen LogP contribution in [0.3, 0.4) is 0 Å². The first kappa shape index (κ1) is 15.2. The normalized spacial score (nSPS) is 21.5. The maximum absolute atomic E-state index is 13.5. The predicted molar refractivity (Wildman–Crippen MR) is 84.0 cm³/mol. The van der Waals surface area contributed by atoms with Crippen molar-refractivity contribution < 1.29 is 14.0 Å². The lowest BCUT2D eigenvalue weighted by Gasteiger charge is -2.34. The molecule has 9 heteroatoms. The highest BCUT2D eigenvalue weighted by Crippen LogP contribution is 2.25. The highest BCUT2D eigenvalue weighted by molar-refractivity contribution is 6.28. The van der Waals surface area contributed by atoms with Crippen LogP contribution >= 0.6 is 0 Å². The van der Waals surface area contributed by atoms with Gasteiger partial charge in [-0.25, -0.2) is 9.37 Å². The van der Waals surface area contributed by atoms with E-state index in [4.69, 9.17) is 5.73 Å². The van der Waals surface area contributed by atoms with Crippen LogP contribution < -0.4 is 16.6 Å². The number of nitrogens with two attached hydrogens (primary N) is 1. The average Bonchev–Trinajstić information content (AvgIpc) is 2.42. The smallest absolute Gasteiger partial charge is 0.263 e. The summed E-state index contributed by atoms with van der Waals surface area (Å²) in [5.74, 6) is -1.29. The number of halogens is 1. The summed E-state index contributed by atoms with van der Waals surface area (Å²) in [5, 5.41) is 2.30. The highest BCUT2D eigenvalue weighted by Gasteiger charge is 2.42. The molecule has 1 aromatic heterocycles. The van der Waals surface area contributed by atoms with Crippen molar-refractivity contribution in [2.75, 3.05) is 5.73 Å². The molecule has 1 aromatic carbocycles. The van der Waals surface area contributed by atoms with E-state index in [9.17, 15) is 18.8 Å². The summed E-state index contributed by atoms with van der Waals surface area (Å²) >= 11 is 0. The number of carbonyl (C=O) groups excluding carboxylic acids is 2. The van der Waals surface area contributed by atoms with Crippen LogP contribution in [0.4, 0.5) is 10.1 Å². The first-order chi connectivity index (χ1) is 10.7. The van der Waals surface area contributed by atoms with E-state index in [0.29, 0.717) is 0 Å². The van der Waals surface area contributed by atoms with Gasteiger partial charge in [-0.3, -0.25) is 24.3 Å². The fourth-order valence-corrected chi connectivity index (χ4v) is 3.01. The molecule has 1 aliphatic heterocycles. The molecule has 2 heterocycles. The second-order valence-electron chi connectivity index (χ2n) is 5.84. The number of piperidine rings is 1. The number of fused-ring (bicyclic) bond motifs is 1. The fourth-order valence-electron chi connectivity index (χ4n) is 3.01. The second-order valence-corrected chi connectivity index (χ2v) is 5.84. The Hall–Kier alpha value is -2.71. The summed E-state index contributed by atoms with van der Waals surface area (Å²) in [4.78, 5) is 40.7. The average molecular weight is 316 g/mol. The van der Waals surface area contributed by atoms with Gasteiger partial charge in [0.2, 0.25) is 11.8 Å². The van der Waals surface area contributed by atoms with Crippen LogP contribution in [0.2, 0.25) is 0 Å². The van der Waals surface area contributed by atoms with Gasteiger partial charge >= 0.3 is 0 Å². The molecule has 2 amide bonds. The molecule has 7 nitrogen and oxygen atoms in total. The summed E-state index contributed by atoms with van der Waals surface area (Å²) in [6, 6.07) is 2.16. The van der Waals surface area contributed by atoms with E-state index in [2.05, 4.69) is 10.3 Å². The summed E-state index contributed by atoms with van der Waals surface area (Å²) < 4.78 is 14.7. The van der Waals surface area contributed by atoms with Gasteiger partial charge in [-0.15, -0.1) is 0 Å². The standard InChI is InChI=1S/C14H14BFN4O3/c1-6-18-9-5-7(16)4-8(17)11(9)12(22)20(6)14(15)3-2-10(21)19-13(14)23/h4-5H,2-3,15,17H2,1H3,(H,19,21,23)/t14-/m0/s1. The molecule has 1 aliphatic rings. The molecule has 23 heavy (non-hydrogen) atoms. The molecule has 0 saturated carbocycles. The van der Waals surface area contributed by atoms with Gasteiger partial charge in [-0.1, -0.05) is 0 Å². The van der Waals surface area contributed by atoms with Gasteiger partial charge in [0.05, 0.1) is 16.3 Å². The van der Waals surface area contributed by atoms with E-state index < -0.39 is 22.7 Å². The van der Waals surface area contributed by atoms with Crippen molar-refractivity contribution in [3.8, 4) is 0 Å². The van der Waals surface area contributed by atoms with Gasteiger partial charge in [0, 0.05) is 18.2 Å². The molecule has 1 atom stereocenters. The monoisotopic (exact) mass is 316 g/mol. The number of carbonyl (C=O) groups is 2. The van der Waals surface area contributed by atoms with E-state index in [-0.39, 0.29) is 41.2 Å². The van der Waals surface area contributed by atoms with Crippen molar-refractivity contribution in [1.82, 2.24) is 14.9 Å². The minimum atomic E-state index is -1.25. The molecule has 0 radical (unpaired) electrons. The minimum Gasteiger partial charge on any atom is -0.398 e. The number of nitrogens with zero attached hydrogens (tertiary/aromatic N) is 2. The number of nitrogen functional groups attached to an aromatic ring is 1. The first-order valence-corrected chi connectivity index (χ1v) is 7.07. The molecule has 0 aliphatic carbocycles. The third-order valence-corrected chi connectivity index (χ3v) is 4.21. The fraction of sp³-hybridized carbons (Fsp3) is 0.286. The SMILES string of the molecule is B[C@]1(n2c(C)nc3cc(F)cc(N)c3c2=O)CCC(=O)NC1=O. The molecule has 118 valence electrons. The minimum absolute atomic E-state index is 0.0397. The van der Waals surface area contributed by atoms with E-state index in [1.54, 1.807) is 14.8 Å². The van der Waals surface area contributed by atoms with Gasteiger partial charge in [-0.05, 0) is 19.4 Å². The Bertz CT molecular complexity index is 926. The molecular formula is C14H14BFN4O3. The van der Waals surface area contributed by atoms with Crippen molar-refractivity contribution in [2.45, 2.75) is 25.2 Å². The van der Waals surface area contributed by atoms with Crippen LogP contribution in [0.1, 0.15) is 18.7 Å².